The average molecular weight is 711 g/mol. The van der Waals surface area contributed by atoms with Gasteiger partial charge in [0.25, 0.3) is 5.91 Å². The van der Waals surface area contributed by atoms with E-state index in [9.17, 15) is 33.1 Å². The highest BCUT2D eigenvalue weighted by Crippen LogP contribution is 2.53. The molecule has 49 heavy (non-hydrogen) atoms. The molecule has 0 saturated carbocycles. The Balaban J connectivity index is 1.24. The molecule has 6 rings (SSSR count). The van der Waals surface area contributed by atoms with Crippen molar-refractivity contribution in [2.24, 2.45) is 17.8 Å². The molecule has 3 amide bonds. The lowest BCUT2D eigenvalue weighted by molar-refractivity contribution is -0.147. The minimum atomic E-state index is -4.99. The number of likely N-dealkylation sites (tertiary alicyclic amines) is 1. The second-order valence-electron chi connectivity index (χ2n) is 14.2. The maximum Gasteiger partial charge on any atom is 0.363 e. The van der Waals surface area contributed by atoms with Crippen LogP contribution in [0.2, 0.25) is 0 Å². The quantitative estimate of drug-likeness (QED) is 0.161. The number of nitrogens with one attached hydrogen (secondary N) is 2. The summed E-state index contributed by atoms with van der Waals surface area (Å²) in [5.41, 5.74) is 1.45. The second-order valence-corrected chi connectivity index (χ2v) is 16.9. The van der Waals surface area contributed by atoms with Gasteiger partial charge in [-0.1, -0.05) is 50.2 Å². The summed E-state index contributed by atoms with van der Waals surface area (Å²) in [4.78, 5) is 64.8. The summed E-state index contributed by atoms with van der Waals surface area (Å²) in [6.07, 6.45) is 3.22. The van der Waals surface area contributed by atoms with Gasteiger partial charge in [-0.3, -0.25) is 18.9 Å². The molecule has 0 radical (unpaired) electrons. The van der Waals surface area contributed by atoms with E-state index in [1.54, 1.807) is 17.9 Å². The summed E-state index contributed by atoms with van der Waals surface area (Å²) in [7, 11) is -4.99. The van der Waals surface area contributed by atoms with Crippen LogP contribution < -0.4 is 5.32 Å². The van der Waals surface area contributed by atoms with Crippen LogP contribution in [0.25, 0.3) is 10.1 Å². The number of fused-ring (bicyclic) bond motifs is 2. The molecule has 3 saturated heterocycles. The van der Waals surface area contributed by atoms with Crippen LogP contribution in [0.3, 0.4) is 0 Å². The molecule has 0 bridgehead atoms. The fraction of sp³-hybridized carbons (Fsp3) is 0.500. The van der Waals surface area contributed by atoms with E-state index in [-0.39, 0.29) is 40.1 Å². The minimum absolute atomic E-state index is 0.00483. The highest BCUT2D eigenvalue weighted by Gasteiger charge is 2.48. The Hall–Kier alpha value is -3.44. The number of rotatable bonds is 8. The lowest BCUT2D eigenvalue weighted by atomic mass is 9.82. The first kappa shape index (κ1) is 35.4. The van der Waals surface area contributed by atoms with Crippen molar-refractivity contribution >= 4 is 52.5 Å². The van der Waals surface area contributed by atoms with E-state index >= 15 is 0 Å². The fourth-order valence-corrected chi connectivity index (χ4v) is 9.49. The highest BCUT2D eigenvalue weighted by molar-refractivity contribution is 7.51. The molecule has 0 spiro atoms. The van der Waals surface area contributed by atoms with Crippen molar-refractivity contribution in [1.82, 2.24) is 15.1 Å². The summed E-state index contributed by atoms with van der Waals surface area (Å²) in [6.45, 7) is 7.02. The molecule has 0 aliphatic carbocycles. The van der Waals surface area contributed by atoms with Crippen molar-refractivity contribution in [3.05, 3.63) is 70.6 Å². The largest absolute Gasteiger partial charge is 0.363 e. The zero-order chi connectivity index (χ0) is 35.2. The van der Waals surface area contributed by atoms with E-state index < -0.39 is 31.5 Å². The standard InChI is InChI=1S/C36H44FN4O6PS/c1-20(2)23-9-12-29(39-34(42)32-17-25-15-24(10-14-31(25)49-32)33(37)48(45,46)47)35(43)41-26(16-23)11-13-30(41)36(44)40-18-27(21(3)38)28(19-40)22-7-5-4-6-8-22/h4-8,10,14-15,17,20,23,26-30,33,38H,9,11-13,16,18-19H2,1-3H3,(H,39,42)(H2,45,46,47)/t23-,26-,27+,28+,29?,30+,33?/m1/s1. The number of alkyl halides is 1. The first-order valence-electron chi connectivity index (χ1n) is 17.0. The van der Waals surface area contributed by atoms with Gasteiger partial charge >= 0.3 is 7.60 Å². The van der Waals surface area contributed by atoms with Crippen LogP contribution in [0, 0.1) is 23.2 Å². The van der Waals surface area contributed by atoms with E-state index in [1.807, 2.05) is 35.2 Å². The molecule has 3 aromatic rings. The normalized spacial score (nSPS) is 26.8. The van der Waals surface area contributed by atoms with Crippen molar-refractivity contribution < 1.29 is 33.1 Å². The third-order valence-electron chi connectivity index (χ3n) is 10.7. The third-order valence-corrected chi connectivity index (χ3v) is 12.7. The highest BCUT2D eigenvalue weighted by atomic mass is 32.1. The topological polar surface area (TPSA) is 151 Å². The zero-order valence-corrected chi connectivity index (χ0v) is 29.6. The van der Waals surface area contributed by atoms with E-state index in [2.05, 4.69) is 19.2 Å². The Morgan fingerprint density at radius 2 is 1.78 bits per heavy atom. The molecule has 4 N–H and O–H groups in total. The first-order valence-corrected chi connectivity index (χ1v) is 19.5. The summed E-state index contributed by atoms with van der Waals surface area (Å²) in [5.74, 6) is -2.74. The summed E-state index contributed by atoms with van der Waals surface area (Å²) < 4.78 is 26.5. The number of amides is 3. The molecule has 2 unspecified atom stereocenters. The monoisotopic (exact) mass is 710 g/mol. The van der Waals surface area contributed by atoms with Gasteiger partial charge in [-0.15, -0.1) is 11.3 Å². The Bertz CT molecular complexity index is 1800. The number of hydrogen-bond donors (Lipinski definition) is 4. The Labute approximate surface area is 289 Å². The number of nitrogens with zero attached hydrogens (tertiary/aromatic N) is 2. The molecule has 1 aromatic heterocycles. The first-order chi connectivity index (χ1) is 23.2. The lowest BCUT2D eigenvalue weighted by Crippen LogP contribution is -2.57. The van der Waals surface area contributed by atoms with Crippen molar-refractivity contribution in [2.45, 2.75) is 82.8 Å². The van der Waals surface area contributed by atoms with E-state index in [0.717, 1.165) is 29.7 Å². The van der Waals surface area contributed by atoms with Crippen molar-refractivity contribution in [1.29, 1.82) is 5.41 Å². The maximum atomic E-state index is 14.4. The summed E-state index contributed by atoms with van der Waals surface area (Å²) >= 11 is 1.15. The van der Waals surface area contributed by atoms with Crippen LogP contribution in [0.1, 0.15) is 85.5 Å². The van der Waals surface area contributed by atoms with Crippen molar-refractivity contribution in [3.8, 4) is 0 Å². The van der Waals surface area contributed by atoms with Gasteiger partial charge < -0.3 is 30.3 Å². The van der Waals surface area contributed by atoms with Gasteiger partial charge in [0.05, 0.1) is 4.88 Å². The zero-order valence-electron chi connectivity index (χ0n) is 27.9. The van der Waals surface area contributed by atoms with Gasteiger partial charge in [0.2, 0.25) is 17.7 Å². The third kappa shape index (κ3) is 7.24. The van der Waals surface area contributed by atoms with Gasteiger partial charge in [-0.05, 0) is 85.6 Å². The number of halogens is 1. The van der Waals surface area contributed by atoms with Crippen LogP contribution in [-0.2, 0) is 14.2 Å². The van der Waals surface area contributed by atoms with Crippen LogP contribution >= 0.6 is 18.9 Å². The second kappa shape index (κ2) is 14.1. The number of hydrogen-bond acceptors (Lipinski definition) is 6. The van der Waals surface area contributed by atoms with Gasteiger partial charge in [0.1, 0.15) is 12.1 Å². The van der Waals surface area contributed by atoms with Gasteiger partial charge in [0, 0.05) is 41.4 Å². The van der Waals surface area contributed by atoms with E-state index in [0.29, 0.717) is 60.0 Å². The maximum absolute atomic E-state index is 14.4. The molecular weight excluding hydrogens is 666 g/mol. The van der Waals surface area contributed by atoms with Gasteiger partial charge in [-0.25, -0.2) is 4.39 Å². The number of carbonyl (C=O) groups excluding carboxylic acids is 3. The van der Waals surface area contributed by atoms with Crippen LogP contribution in [0.15, 0.2) is 54.6 Å². The molecule has 3 aliphatic heterocycles. The lowest BCUT2D eigenvalue weighted by Gasteiger charge is -2.39. The Morgan fingerprint density at radius 3 is 2.45 bits per heavy atom. The average Bonchev–Trinajstić information content (AvgIpc) is 3.80. The molecule has 2 aromatic carbocycles. The van der Waals surface area contributed by atoms with Gasteiger partial charge in [0.15, 0.2) is 0 Å². The number of thiophene rings is 1. The molecule has 262 valence electrons. The predicted molar refractivity (Wildman–Crippen MR) is 187 cm³/mol. The fourth-order valence-electron chi connectivity index (χ4n) is 8.00. The van der Waals surface area contributed by atoms with Crippen LogP contribution in [0.4, 0.5) is 4.39 Å². The van der Waals surface area contributed by atoms with Crippen molar-refractivity contribution in [3.63, 3.8) is 0 Å². The molecule has 3 aliphatic rings. The molecule has 7 atom stereocenters. The Kier molecular flexibility index (Phi) is 10.2. The molecule has 3 fully saturated rings. The van der Waals surface area contributed by atoms with E-state index in [1.165, 1.54) is 18.2 Å². The molecular formula is C36H44FN4O6PS. The molecule has 4 heterocycles. The molecule has 10 nitrogen and oxygen atoms in total. The molecule has 13 heteroatoms. The predicted octanol–water partition coefficient (Wildman–Crippen LogP) is 6.24. The minimum Gasteiger partial charge on any atom is -0.340 e. The number of benzene rings is 2. The van der Waals surface area contributed by atoms with Crippen LogP contribution in [0.5, 0.6) is 0 Å². The Morgan fingerprint density at radius 1 is 1.04 bits per heavy atom. The number of carbonyl (C=O) groups is 3. The van der Waals surface area contributed by atoms with Gasteiger partial charge in [-0.2, -0.15) is 0 Å². The van der Waals surface area contributed by atoms with Crippen molar-refractivity contribution in [2.75, 3.05) is 13.1 Å². The van der Waals surface area contributed by atoms with Crippen LogP contribution in [-0.4, -0.2) is 74.2 Å². The SMILES string of the molecule is CC(=N)[C@@H]1CN(C(=O)[C@@H]2CC[C@@H]3C[C@H](C(C)C)CCC(NC(=O)c4cc5cc(C(F)P(=O)(O)O)ccc5s4)C(=O)N32)C[C@H]1c1ccccc1. The van der Waals surface area contributed by atoms with E-state index in [4.69, 9.17) is 5.41 Å². The smallest absolute Gasteiger partial charge is 0.340 e. The summed E-state index contributed by atoms with van der Waals surface area (Å²) in [6, 6.07) is 14.1. The summed E-state index contributed by atoms with van der Waals surface area (Å²) in [5, 5.41) is 11.9.